The number of rotatable bonds is 3. The minimum atomic E-state index is -0.935. The largest absolute Gasteiger partial charge is 0.508 e. The molecule has 3 rings (SSSR count). The number of aromatic hydroxyl groups is 1. The monoisotopic (exact) mass is 368 g/mol. The van der Waals surface area contributed by atoms with Crippen LogP contribution in [-0.4, -0.2) is 33.8 Å². The number of anilines is 2. The number of aromatic nitrogens is 1. The van der Waals surface area contributed by atoms with Gasteiger partial charge in [0, 0.05) is 11.8 Å². The van der Waals surface area contributed by atoms with Crippen molar-refractivity contribution in [2.75, 3.05) is 16.9 Å². The summed E-state index contributed by atoms with van der Waals surface area (Å²) in [6.45, 7) is 3.53. The molecule has 1 aliphatic rings. The fourth-order valence-corrected chi connectivity index (χ4v) is 3.38. The van der Waals surface area contributed by atoms with E-state index in [-0.39, 0.29) is 28.2 Å². The van der Waals surface area contributed by atoms with E-state index in [9.17, 15) is 9.90 Å². The van der Waals surface area contributed by atoms with E-state index in [4.69, 9.17) is 22.2 Å². The average Bonchev–Trinajstić information content (AvgIpc) is 2.80. The van der Waals surface area contributed by atoms with E-state index in [1.165, 1.54) is 30.3 Å². The van der Waals surface area contributed by atoms with Crippen molar-refractivity contribution in [1.82, 2.24) is 4.98 Å². The molecule has 0 aliphatic carbocycles. The molecule has 1 aromatic carbocycles. The zero-order valence-corrected chi connectivity index (χ0v) is 15.2. The van der Waals surface area contributed by atoms with Gasteiger partial charge in [0.15, 0.2) is 16.6 Å². The first-order chi connectivity index (χ1) is 12.3. The fraction of sp³-hybridized carbons (Fsp3) is 0.222. The Morgan fingerprint density at radius 2 is 1.92 bits per heavy atom. The van der Waals surface area contributed by atoms with E-state index in [0.717, 1.165) is 0 Å². The van der Waals surface area contributed by atoms with Crippen LogP contribution in [0.1, 0.15) is 19.5 Å². The number of carbonyl (C=O) groups excluding carboxylic acids is 1. The van der Waals surface area contributed by atoms with Crippen LogP contribution in [0.25, 0.3) is 0 Å². The molecule has 1 fully saturated rings. The van der Waals surface area contributed by atoms with Crippen LogP contribution in [0.3, 0.4) is 0 Å². The second kappa shape index (κ2) is 6.28. The van der Waals surface area contributed by atoms with Gasteiger partial charge in [0.25, 0.3) is 5.91 Å². The van der Waals surface area contributed by atoms with Crippen molar-refractivity contribution >= 4 is 34.6 Å². The number of nitrogens with zero attached hydrogens (tertiary/aromatic N) is 4. The van der Waals surface area contributed by atoms with Crippen LogP contribution >= 0.6 is 12.2 Å². The van der Waals surface area contributed by atoms with Crippen LogP contribution in [0, 0.1) is 11.3 Å². The smallest absolute Gasteiger partial charge is 0.259 e. The summed E-state index contributed by atoms with van der Waals surface area (Å²) >= 11 is 5.56. The van der Waals surface area contributed by atoms with Crippen molar-refractivity contribution in [3.05, 3.63) is 42.2 Å². The van der Waals surface area contributed by atoms with Gasteiger partial charge in [-0.05, 0) is 50.3 Å². The van der Waals surface area contributed by atoms with E-state index >= 15 is 0 Å². The minimum absolute atomic E-state index is 0.126. The van der Waals surface area contributed by atoms with Gasteiger partial charge in [-0.15, -0.1) is 0 Å². The summed E-state index contributed by atoms with van der Waals surface area (Å²) in [4.78, 5) is 20.2. The van der Waals surface area contributed by atoms with Gasteiger partial charge in [-0.1, -0.05) is 0 Å². The first kappa shape index (κ1) is 17.6. The number of pyridine rings is 1. The van der Waals surface area contributed by atoms with Crippen molar-refractivity contribution in [3.63, 3.8) is 0 Å². The maximum atomic E-state index is 13.1. The van der Waals surface area contributed by atoms with Crippen molar-refractivity contribution in [3.8, 4) is 17.6 Å². The van der Waals surface area contributed by atoms with Crippen LogP contribution in [0.2, 0.25) is 0 Å². The highest BCUT2D eigenvalue weighted by molar-refractivity contribution is 7.81. The van der Waals surface area contributed by atoms with Gasteiger partial charge < -0.3 is 14.7 Å². The molecule has 26 heavy (non-hydrogen) atoms. The molecular formula is C18H16N4O3S. The highest BCUT2D eigenvalue weighted by Gasteiger charge is 2.50. The van der Waals surface area contributed by atoms with E-state index in [1.54, 1.807) is 36.9 Å². The summed E-state index contributed by atoms with van der Waals surface area (Å²) in [5.41, 5.74) is 0.297. The normalized spacial score (nSPS) is 15.9. The zero-order valence-electron chi connectivity index (χ0n) is 14.4. The summed E-state index contributed by atoms with van der Waals surface area (Å²) < 4.78 is 5.18. The molecule has 1 aliphatic heterocycles. The van der Waals surface area contributed by atoms with E-state index in [0.29, 0.717) is 11.4 Å². The first-order valence-corrected chi connectivity index (χ1v) is 8.14. The molecule has 1 amide bonds. The number of benzene rings is 1. The Labute approximate surface area is 156 Å². The molecule has 8 heteroatoms. The molecule has 0 unspecified atom stereocenters. The van der Waals surface area contributed by atoms with Gasteiger partial charge in [0.05, 0.1) is 19.0 Å². The number of carbonyl (C=O) groups is 1. The number of methoxy groups -OCH3 is 1. The summed E-state index contributed by atoms with van der Waals surface area (Å²) in [5.74, 6) is 0.159. The number of hydrogen-bond donors (Lipinski definition) is 1. The number of hydrogen-bond acceptors (Lipinski definition) is 6. The quantitative estimate of drug-likeness (QED) is 0.833. The SMILES string of the molecule is COc1cc(N2C(=O)C(C)(C)N(c3ccc(O)cc3)C2=S)cnc1C#N. The number of phenols is 1. The zero-order chi connectivity index (χ0) is 19.1. The third-order valence-corrected chi connectivity index (χ3v) is 4.56. The lowest BCUT2D eigenvalue weighted by atomic mass is 10.0. The Balaban J connectivity index is 2.08. The third kappa shape index (κ3) is 2.62. The van der Waals surface area contributed by atoms with E-state index in [1.807, 2.05) is 6.07 Å². The summed E-state index contributed by atoms with van der Waals surface area (Å²) in [6, 6.07) is 9.95. The second-order valence-electron chi connectivity index (χ2n) is 6.19. The molecule has 0 radical (unpaired) electrons. The molecule has 1 aromatic heterocycles. The fourth-order valence-electron chi connectivity index (χ4n) is 2.85. The molecule has 132 valence electrons. The number of amides is 1. The summed E-state index contributed by atoms with van der Waals surface area (Å²) in [5, 5.41) is 18.9. The third-order valence-electron chi connectivity index (χ3n) is 4.20. The predicted molar refractivity (Wildman–Crippen MR) is 100 cm³/mol. The van der Waals surface area contributed by atoms with Crippen LogP contribution in [0.4, 0.5) is 11.4 Å². The predicted octanol–water partition coefficient (Wildman–Crippen LogP) is 2.58. The van der Waals surface area contributed by atoms with Gasteiger partial charge in [-0.3, -0.25) is 9.69 Å². The van der Waals surface area contributed by atoms with E-state index < -0.39 is 5.54 Å². The van der Waals surface area contributed by atoms with Crippen LogP contribution < -0.4 is 14.5 Å². The van der Waals surface area contributed by atoms with Gasteiger partial charge in [-0.2, -0.15) is 5.26 Å². The van der Waals surface area contributed by atoms with Crippen molar-refractivity contribution in [2.24, 2.45) is 0 Å². The molecule has 0 atom stereocenters. The van der Waals surface area contributed by atoms with Crippen LogP contribution in [-0.2, 0) is 4.79 Å². The van der Waals surface area contributed by atoms with Gasteiger partial charge in [-0.25, -0.2) is 4.98 Å². The Morgan fingerprint density at radius 1 is 1.27 bits per heavy atom. The Kier molecular flexibility index (Phi) is 4.26. The number of thiocarbonyl (C=S) groups is 1. The lowest BCUT2D eigenvalue weighted by Gasteiger charge is -2.29. The lowest BCUT2D eigenvalue weighted by Crippen LogP contribution is -2.44. The molecule has 0 bridgehead atoms. The summed E-state index contributed by atoms with van der Waals surface area (Å²) in [7, 11) is 1.43. The van der Waals surface area contributed by atoms with Crippen LogP contribution in [0.15, 0.2) is 36.5 Å². The van der Waals surface area contributed by atoms with Crippen LogP contribution in [0.5, 0.6) is 11.5 Å². The van der Waals surface area contributed by atoms with Crippen molar-refractivity contribution in [1.29, 1.82) is 5.26 Å². The number of nitriles is 1. The molecular weight excluding hydrogens is 352 g/mol. The minimum Gasteiger partial charge on any atom is -0.508 e. The summed E-state index contributed by atoms with van der Waals surface area (Å²) in [6.07, 6.45) is 1.42. The standard InChI is InChI=1S/C18H16N4O3S/c1-18(2)16(24)21(12-8-15(25-3)14(9-19)20-10-12)17(26)22(18)11-4-6-13(23)7-5-11/h4-8,10,23H,1-3H3. The average molecular weight is 368 g/mol. The Hall–Kier alpha value is -3.18. The molecule has 7 nitrogen and oxygen atoms in total. The highest BCUT2D eigenvalue weighted by atomic mass is 32.1. The first-order valence-electron chi connectivity index (χ1n) is 7.73. The van der Waals surface area contributed by atoms with Gasteiger partial charge >= 0.3 is 0 Å². The van der Waals surface area contributed by atoms with Gasteiger partial charge in [0.2, 0.25) is 0 Å². The van der Waals surface area contributed by atoms with Crippen molar-refractivity contribution < 1.29 is 14.6 Å². The molecule has 0 spiro atoms. The molecule has 2 heterocycles. The van der Waals surface area contributed by atoms with Crippen molar-refractivity contribution in [2.45, 2.75) is 19.4 Å². The molecule has 0 saturated carbocycles. The maximum Gasteiger partial charge on any atom is 0.259 e. The molecule has 1 N–H and O–H groups in total. The Bertz CT molecular complexity index is 934. The lowest BCUT2D eigenvalue weighted by molar-refractivity contribution is -0.120. The number of ether oxygens (including phenoxy) is 1. The molecule has 1 saturated heterocycles. The van der Waals surface area contributed by atoms with E-state index in [2.05, 4.69) is 4.98 Å². The topological polar surface area (TPSA) is 89.7 Å². The molecule has 2 aromatic rings. The second-order valence-corrected chi connectivity index (χ2v) is 6.56. The highest BCUT2D eigenvalue weighted by Crippen LogP contribution is 2.37. The Morgan fingerprint density at radius 3 is 2.50 bits per heavy atom. The van der Waals surface area contributed by atoms with Gasteiger partial charge in [0.1, 0.15) is 17.4 Å². The maximum absolute atomic E-state index is 13.1. The number of phenolic OH excluding ortho intramolecular Hbond substituents is 1.